The molecule has 0 unspecified atom stereocenters. The van der Waals surface area contributed by atoms with Gasteiger partial charge < -0.3 is 19.5 Å². The highest BCUT2D eigenvalue weighted by Crippen LogP contribution is 2.36. The number of halogens is 1. The van der Waals surface area contributed by atoms with Crippen molar-refractivity contribution in [3.05, 3.63) is 22.7 Å². The number of carbonyl (C=O) groups is 1. The fourth-order valence-corrected chi connectivity index (χ4v) is 2.70. The number of methoxy groups -OCH3 is 1. The third kappa shape index (κ3) is 2.99. The van der Waals surface area contributed by atoms with E-state index in [1.54, 1.807) is 6.07 Å². The van der Waals surface area contributed by atoms with Crippen molar-refractivity contribution in [3.8, 4) is 5.75 Å². The van der Waals surface area contributed by atoms with Gasteiger partial charge >= 0.3 is 5.97 Å². The van der Waals surface area contributed by atoms with Crippen molar-refractivity contribution < 1.29 is 19.4 Å². The zero-order chi connectivity index (χ0) is 14.7. The fraction of sp³-hybridized carbons (Fsp3) is 0.500. The van der Waals surface area contributed by atoms with Gasteiger partial charge in [-0.1, -0.05) is 11.6 Å². The van der Waals surface area contributed by atoms with Crippen LogP contribution in [0, 0.1) is 0 Å². The Hall–Kier alpha value is -1.46. The normalized spacial score (nSPS) is 15.9. The molecule has 0 radical (unpaired) electrons. The molecule has 6 heteroatoms. The van der Waals surface area contributed by atoms with Crippen LogP contribution in [0.3, 0.4) is 0 Å². The SMILES string of the molecule is COc1c(C(=O)O)cc(Cl)cc1N(C)C1CCOCC1. The Kier molecular flexibility index (Phi) is 4.73. The summed E-state index contributed by atoms with van der Waals surface area (Å²) in [5, 5.41) is 9.65. The molecule has 0 spiro atoms. The first-order chi connectivity index (χ1) is 9.54. The van der Waals surface area contributed by atoms with Crippen LogP contribution in [-0.4, -0.2) is 44.5 Å². The number of anilines is 1. The van der Waals surface area contributed by atoms with Gasteiger partial charge in [0.1, 0.15) is 5.56 Å². The molecule has 1 aromatic carbocycles. The number of aromatic carboxylic acids is 1. The van der Waals surface area contributed by atoms with Crippen LogP contribution in [0.1, 0.15) is 23.2 Å². The van der Waals surface area contributed by atoms with Gasteiger partial charge in [0.15, 0.2) is 5.75 Å². The molecule has 5 nitrogen and oxygen atoms in total. The number of carboxylic acid groups (broad SMARTS) is 1. The van der Waals surface area contributed by atoms with Gasteiger partial charge in [0, 0.05) is 31.3 Å². The lowest BCUT2D eigenvalue weighted by Gasteiger charge is -2.34. The Balaban J connectivity index is 2.40. The quantitative estimate of drug-likeness (QED) is 0.926. The van der Waals surface area contributed by atoms with E-state index in [9.17, 15) is 9.90 Å². The second-order valence-corrected chi connectivity index (χ2v) is 5.20. The summed E-state index contributed by atoms with van der Waals surface area (Å²) in [4.78, 5) is 13.3. The summed E-state index contributed by atoms with van der Waals surface area (Å²) in [6.07, 6.45) is 1.79. The smallest absolute Gasteiger partial charge is 0.339 e. The van der Waals surface area contributed by atoms with E-state index in [2.05, 4.69) is 0 Å². The molecule has 0 saturated carbocycles. The van der Waals surface area contributed by atoms with Crippen molar-refractivity contribution in [2.24, 2.45) is 0 Å². The van der Waals surface area contributed by atoms with Crippen molar-refractivity contribution in [2.75, 3.05) is 32.3 Å². The summed E-state index contributed by atoms with van der Waals surface area (Å²) >= 11 is 6.04. The Labute approximate surface area is 123 Å². The highest BCUT2D eigenvalue weighted by molar-refractivity contribution is 6.31. The third-order valence-electron chi connectivity index (χ3n) is 3.59. The second-order valence-electron chi connectivity index (χ2n) is 4.77. The van der Waals surface area contributed by atoms with Gasteiger partial charge in [0.25, 0.3) is 0 Å². The predicted molar refractivity (Wildman–Crippen MR) is 77.2 cm³/mol. The summed E-state index contributed by atoms with van der Waals surface area (Å²) in [5.41, 5.74) is 0.776. The van der Waals surface area contributed by atoms with E-state index in [0.29, 0.717) is 29.7 Å². The van der Waals surface area contributed by atoms with Crippen LogP contribution in [-0.2, 0) is 4.74 Å². The first kappa shape index (κ1) is 14.9. The molecule has 1 aliphatic rings. The van der Waals surface area contributed by atoms with Crippen molar-refractivity contribution in [1.82, 2.24) is 0 Å². The van der Waals surface area contributed by atoms with E-state index < -0.39 is 5.97 Å². The molecule has 1 N–H and O–H groups in total. The minimum atomic E-state index is -1.05. The number of hydrogen-bond donors (Lipinski definition) is 1. The molecule has 2 rings (SSSR count). The number of ether oxygens (including phenoxy) is 2. The molecule has 1 aliphatic heterocycles. The lowest BCUT2D eigenvalue weighted by Crippen LogP contribution is -2.37. The molecule has 0 aliphatic carbocycles. The highest BCUT2D eigenvalue weighted by Gasteiger charge is 2.24. The Bertz CT molecular complexity index is 500. The van der Waals surface area contributed by atoms with Gasteiger partial charge in [-0.2, -0.15) is 0 Å². The van der Waals surface area contributed by atoms with Crippen LogP contribution in [0.15, 0.2) is 12.1 Å². The first-order valence-electron chi connectivity index (χ1n) is 6.46. The Morgan fingerprint density at radius 3 is 2.65 bits per heavy atom. The van der Waals surface area contributed by atoms with Crippen LogP contribution >= 0.6 is 11.6 Å². The minimum Gasteiger partial charge on any atom is -0.494 e. The minimum absolute atomic E-state index is 0.0777. The predicted octanol–water partition coefficient (Wildman–Crippen LogP) is 2.66. The molecular weight excluding hydrogens is 282 g/mol. The van der Waals surface area contributed by atoms with Gasteiger partial charge in [0.05, 0.1) is 12.8 Å². The molecule has 1 saturated heterocycles. The molecule has 20 heavy (non-hydrogen) atoms. The van der Waals surface area contributed by atoms with Gasteiger partial charge in [0.2, 0.25) is 0 Å². The van der Waals surface area contributed by atoms with E-state index in [-0.39, 0.29) is 11.6 Å². The summed E-state index contributed by atoms with van der Waals surface area (Å²) in [5.74, 6) is -0.707. The maximum Gasteiger partial charge on any atom is 0.339 e. The van der Waals surface area contributed by atoms with Crippen molar-refractivity contribution >= 4 is 23.3 Å². The van der Waals surface area contributed by atoms with Gasteiger partial charge in [-0.3, -0.25) is 0 Å². The lowest BCUT2D eigenvalue weighted by atomic mass is 10.1. The molecule has 1 fully saturated rings. The van der Waals surface area contributed by atoms with Crippen LogP contribution in [0.25, 0.3) is 0 Å². The summed E-state index contributed by atoms with van der Waals surface area (Å²) in [6.45, 7) is 1.42. The second kappa shape index (κ2) is 6.33. The van der Waals surface area contributed by atoms with Gasteiger partial charge in [-0.05, 0) is 25.0 Å². The molecule has 1 aromatic rings. The number of hydrogen-bond acceptors (Lipinski definition) is 4. The molecule has 0 aromatic heterocycles. The van der Waals surface area contributed by atoms with Crippen molar-refractivity contribution in [1.29, 1.82) is 0 Å². The number of carboxylic acids is 1. The summed E-state index contributed by atoms with van der Waals surface area (Å²) in [7, 11) is 3.40. The van der Waals surface area contributed by atoms with Crippen LogP contribution in [0.2, 0.25) is 5.02 Å². The largest absolute Gasteiger partial charge is 0.494 e. The molecular formula is C14H18ClNO4. The highest BCUT2D eigenvalue weighted by atomic mass is 35.5. The topological polar surface area (TPSA) is 59.0 Å². The number of benzene rings is 1. The van der Waals surface area contributed by atoms with E-state index in [1.165, 1.54) is 13.2 Å². The molecule has 0 bridgehead atoms. The first-order valence-corrected chi connectivity index (χ1v) is 6.83. The van der Waals surface area contributed by atoms with Gasteiger partial charge in [-0.25, -0.2) is 4.79 Å². The standard InChI is InChI=1S/C14H18ClNO4/c1-16(10-3-5-20-6-4-10)12-8-9(15)7-11(14(17)18)13(12)19-2/h7-8,10H,3-6H2,1-2H3,(H,17,18). The van der Waals surface area contributed by atoms with Crippen molar-refractivity contribution in [2.45, 2.75) is 18.9 Å². The molecule has 110 valence electrons. The molecule has 1 heterocycles. The van der Waals surface area contributed by atoms with E-state index in [4.69, 9.17) is 21.1 Å². The fourth-order valence-electron chi connectivity index (χ4n) is 2.48. The van der Waals surface area contributed by atoms with Crippen LogP contribution in [0.4, 0.5) is 5.69 Å². The number of nitrogens with zero attached hydrogens (tertiary/aromatic N) is 1. The van der Waals surface area contributed by atoms with E-state index in [0.717, 1.165) is 12.8 Å². The van der Waals surface area contributed by atoms with E-state index in [1.807, 2.05) is 11.9 Å². The third-order valence-corrected chi connectivity index (χ3v) is 3.81. The van der Waals surface area contributed by atoms with E-state index >= 15 is 0 Å². The van der Waals surface area contributed by atoms with Crippen molar-refractivity contribution in [3.63, 3.8) is 0 Å². The maximum atomic E-state index is 11.3. The zero-order valence-electron chi connectivity index (χ0n) is 11.6. The average Bonchev–Trinajstić information content (AvgIpc) is 2.46. The van der Waals surface area contributed by atoms with Crippen LogP contribution in [0.5, 0.6) is 5.75 Å². The molecule has 0 atom stereocenters. The Morgan fingerprint density at radius 1 is 1.45 bits per heavy atom. The number of rotatable bonds is 4. The maximum absolute atomic E-state index is 11.3. The lowest BCUT2D eigenvalue weighted by molar-refractivity contribution is 0.0693. The average molecular weight is 300 g/mol. The van der Waals surface area contributed by atoms with Crippen LogP contribution < -0.4 is 9.64 Å². The van der Waals surface area contributed by atoms with Gasteiger partial charge in [-0.15, -0.1) is 0 Å². The molecule has 0 amide bonds. The monoisotopic (exact) mass is 299 g/mol. The summed E-state index contributed by atoms with van der Waals surface area (Å²) in [6, 6.07) is 3.43. The zero-order valence-corrected chi connectivity index (χ0v) is 12.3. The Morgan fingerprint density at radius 2 is 2.10 bits per heavy atom. The summed E-state index contributed by atoms with van der Waals surface area (Å²) < 4.78 is 10.6.